The van der Waals surface area contributed by atoms with E-state index >= 15 is 0 Å². The first-order valence-corrected chi connectivity index (χ1v) is 6.13. The fourth-order valence-electron chi connectivity index (χ4n) is 1.82. The van der Waals surface area contributed by atoms with E-state index in [0.717, 1.165) is 5.56 Å². The molecule has 0 unspecified atom stereocenters. The van der Waals surface area contributed by atoms with E-state index in [0.29, 0.717) is 30.6 Å². The normalized spacial score (nSPS) is 10.1. The molecule has 1 rings (SSSR count). The first kappa shape index (κ1) is 15.0. The fraction of sp³-hybridized carbons (Fsp3) is 0.429. The highest BCUT2D eigenvalue weighted by Crippen LogP contribution is 2.13. The average Bonchev–Trinajstić information content (AvgIpc) is 2.36. The van der Waals surface area contributed by atoms with E-state index in [1.807, 2.05) is 13.0 Å². The number of hydrogen-bond acceptors (Lipinski definition) is 4. The molecule has 0 aliphatic heterocycles. The number of hydrogen-bond donors (Lipinski definition) is 1. The second kappa shape index (κ2) is 6.78. The van der Waals surface area contributed by atoms with Crippen LogP contribution >= 0.6 is 0 Å². The van der Waals surface area contributed by atoms with Crippen molar-refractivity contribution < 1.29 is 14.3 Å². The van der Waals surface area contributed by atoms with Crippen LogP contribution in [0.3, 0.4) is 0 Å². The Bertz CT molecular complexity index is 452. The Morgan fingerprint density at radius 1 is 1.32 bits per heavy atom. The van der Waals surface area contributed by atoms with Crippen molar-refractivity contribution in [2.45, 2.75) is 19.8 Å². The van der Waals surface area contributed by atoms with Crippen LogP contribution in [0.15, 0.2) is 18.2 Å². The van der Waals surface area contributed by atoms with Crippen LogP contribution in [0, 0.1) is 6.92 Å². The van der Waals surface area contributed by atoms with Crippen molar-refractivity contribution in [1.29, 1.82) is 0 Å². The van der Waals surface area contributed by atoms with E-state index in [4.69, 9.17) is 5.73 Å². The Labute approximate surface area is 113 Å². The molecule has 1 aromatic carbocycles. The smallest absolute Gasteiger partial charge is 0.305 e. The number of benzene rings is 1. The molecule has 0 atom stereocenters. The summed E-state index contributed by atoms with van der Waals surface area (Å²) in [6.45, 7) is 2.40. The molecule has 0 saturated carbocycles. The molecular weight excluding hydrogens is 244 g/mol. The first-order chi connectivity index (χ1) is 8.93. The van der Waals surface area contributed by atoms with Crippen LogP contribution in [-0.2, 0) is 9.53 Å². The van der Waals surface area contributed by atoms with Gasteiger partial charge in [0.05, 0.1) is 7.11 Å². The summed E-state index contributed by atoms with van der Waals surface area (Å²) in [6, 6.07) is 5.27. The number of nitrogen functional groups attached to an aromatic ring is 1. The third kappa shape index (κ3) is 4.62. The van der Waals surface area contributed by atoms with Crippen LogP contribution in [0.1, 0.15) is 28.8 Å². The van der Waals surface area contributed by atoms with Gasteiger partial charge in [0.15, 0.2) is 0 Å². The number of carbonyl (C=O) groups is 2. The molecule has 0 heterocycles. The zero-order chi connectivity index (χ0) is 14.4. The highest BCUT2D eigenvalue weighted by molar-refractivity contribution is 5.95. The van der Waals surface area contributed by atoms with Crippen molar-refractivity contribution in [2.75, 3.05) is 26.4 Å². The molecule has 0 fully saturated rings. The number of methoxy groups -OCH3 is 1. The van der Waals surface area contributed by atoms with Gasteiger partial charge in [0.2, 0.25) is 0 Å². The lowest BCUT2D eigenvalue weighted by Crippen LogP contribution is -2.28. The van der Waals surface area contributed by atoms with E-state index < -0.39 is 0 Å². The molecule has 0 aliphatic carbocycles. The second-order valence-corrected chi connectivity index (χ2v) is 4.54. The molecule has 19 heavy (non-hydrogen) atoms. The van der Waals surface area contributed by atoms with Gasteiger partial charge in [-0.1, -0.05) is 0 Å². The molecule has 0 spiro atoms. The van der Waals surface area contributed by atoms with Crippen molar-refractivity contribution >= 4 is 17.6 Å². The van der Waals surface area contributed by atoms with Crippen molar-refractivity contribution in [1.82, 2.24) is 4.90 Å². The molecule has 0 saturated heterocycles. The predicted octanol–water partition coefficient (Wildman–Crippen LogP) is 1.60. The monoisotopic (exact) mass is 264 g/mol. The SMILES string of the molecule is COC(=O)CCCN(C)C(=O)c1cc(C)cc(N)c1. The van der Waals surface area contributed by atoms with Gasteiger partial charge in [-0.3, -0.25) is 9.59 Å². The minimum Gasteiger partial charge on any atom is -0.469 e. The lowest BCUT2D eigenvalue weighted by molar-refractivity contribution is -0.140. The van der Waals surface area contributed by atoms with Gasteiger partial charge in [-0.15, -0.1) is 0 Å². The van der Waals surface area contributed by atoms with Gasteiger partial charge >= 0.3 is 5.97 Å². The van der Waals surface area contributed by atoms with Crippen LogP contribution in [0.5, 0.6) is 0 Å². The van der Waals surface area contributed by atoms with Crippen molar-refractivity contribution in [3.63, 3.8) is 0 Å². The zero-order valence-corrected chi connectivity index (χ0v) is 11.6. The van der Waals surface area contributed by atoms with Gasteiger partial charge < -0.3 is 15.4 Å². The second-order valence-electron chi connectivity index (χ2n) is 4.54. The lowest BCUT2D eigenvalue weighted by atomic mass is 10.1. The van der Waals surface area contributed by atoms with Gasteiger partial charge in [-0.25, -0.2) is 0 Å². The Kier molecular flexibility index (Phi) is 5.36. The molecule has 0 radical (unpaired) electrons. The molecule has 5 heteroatoms. The van der Waals surface area contributed by atoms with Gasteiger partial charge in [0, 0.05) is 31.3 Å². The molecular formula is C14H20N2O3. The number of nitrogens with two attached hydrogens (primary N) is 1. The molecule has 0 aliphatic rings. The highest BCUT2D eigenvalue weighted by atomic mass is 16.5. The molecule has 0 aromatic heterocycles. The Morgan fingerprint density at radius 2 is 2.00 bits per heavy atom. The van der Waals surface area contributed by atoms with Crippen LogP contribution in [0.2, 0.25) is 0 Å². The number of esters is 1. The maximum Gasteiger partial charge on any atom is 0.305 e. The Hall–Kier alpha value is -2.04. The summed E-state index contributed by atoms with van der Waals surface area (Å²) >= 11 is 0. The third-order valence-corrected chi connectivity index (χ3v) is 2.80. The van der Waals surface area contributed by atoms with Crippen LogP contribution in [0.4, 0.5) is 5.69 Å². The van der Waals surface area contributed by atoms with E-state index in [2.05, 4.69) is 4.74 Å². The topological polar surface area (TPSA) is 72.6 Å². The summed E-state index contributed by atoms with van der Waals surface area (Å²) in [5.74, 6) is -0.360. The molecule has 1 amide bonds. The number of ether oxygens (including phenoxy) is 1. The zero-order valence-electron chi connectivity index (χ0n) is 11.6. The van der Waals surface area contributed by atoms with Crippen molar-refractivity contribution in [2.24, 2.45) is 0 Å². The molecule has 0 bridgehead atoms. The molecule has 5 nitrogen and oxygen atoms in total. The van der Waals surface area contributed by atoms with Crippen LogP contribution in [-0.4, -0.2) is 37.5 Å². The third-order valence-electron chi connectivity index (χ3n) is 2.80. The summed E-state index contributed by atoms with van der Waals surface area (Å²) in [4.78, 5) is 24.7. The standard InChI is InChI=1S/C14H20N2O3/c1-10-7-11(9-12(15)8-10)14(18)16(2)6-4-5-13(17)19-3/h7-9H,4-6,15H2,1-3H3. The largest absolute Gasteiger partial charge is 0.469 e. The number of anilines is 1. The Morgan fingerprint density at radius 3 is 2.58 bits per heavy atom. The summed E-state index contributed by atoms with van der Waals surface area (Å²) in [6.07, 6.45) is 0.889. The van der Waals surface area contributed by atoms with Crippen LogP contribution in [0.25, 0.3) is 0 Å². The lowest BCUT2D eigenvalue weighted by Gasteiger charge is -2.17. The van der Waals surface area contributed by atoms with Gasteiger partial charge in [0.25, 0.3) is 5.91 Å². The summed E-state index contributed by atoms with van der Waals surface area (Å²) < 4.78 is 4.55. The van der Waals surface area contributed by atoms with Gasteiger partial charge in [-0.2, -0.15) is 0 Å². The maximum absolute atomic E-state index is 12.1. The van der Waals surface area contributed by atoms with Crippen molar-refractivity contribution in [3.8, 4) is 0 Å². The minimum atomic E-state index is -0.263. The minimum absolute atomic E-state index is 0.0970. The Balaban J connectivity index is 2.59. The maximum atomic E-state index is 12.1. The number of aryl methyl sites for hydroxylation is 1. The number of rotatable bonds is 5. The van der Waals surface area contributed by atoms with E-state index in [-0.39, 0.29) is 11.9 Å². The predicted molar refractivity (Wildman–Crippen MR) is 73.8 cm³/mol. The summed E-state index contributed by atoms with van der Waals surface area (Å²) in [5, 5.41) is 0. The molecule has 104 valence electrons. The van der Waals surface area contributed by atoms with E-state index in [1.165, 1.54) is 7.11 Å². The quantitative estimate of drug-likeness (QED) is 0.647. The number of amides is 1. The highest BCUT2D eigenvalue weighted by Gasteiger charge is 2.13. The van der Waals surface area contributed by atoms with Gasteiger partial charge in [0.1, 0.15) is 0 Å². The van der Waals surface area contributed by atoms with Crippen LogP contribution < -0.4 is 5.73 Å². The molecule has 1 aromatic rings. The number of nitrogens with zero attached hydrogens (tertiary/aromatic N) is 1. The number of carbonyl (C=O) groups excluding carboxylic acids is 2. The molecule has 2 N–H and O–H groups in total. The average molecular weight is 264 g/mol. The van der Waals surface area contributed by atoms with Crippen molar-refractivity contribution in [3.05, 3.63) is 29.3 Å². The van der Waals surface area contributed by atoms with Gasteiger partial charge in [-0.05, 0) is 37.1 Å². The summed E-state index contributed by atoms with van der Waals surface area (Å²) in [5.41, 5.74) is 7.82. The fourth-order valence-corrected chi connectivity index (χ4v) is 1.82. The van der Waals surface area contributed by atoms with E-state index in [1.54, 1.807) is 24.1 Å². The summed E-state index contributed by atoms with van der Waals surface area (Å²) in [7, 11) is 3.06. The first-order valence-electron chi connectivity index (χ1n) is 6.13. The van der Waals surface area contributed by atoms with E-state index in [9.17, 15) is 9.59 Å².